The summed E-state index contributed by atoms with van der Waals surface area (Å²) < 4.78 is 46.5. The minimum atomic E-state index is -1.06. The summed E-state index contributed by atoms with van der Waals surface area (Å²) in [6.45, 7) is 3.97. The Labute approximate surface area is 167 Å². The molecular weight excluding hydrogens is 344 g/mol. The number of carbonyl (C=O) groups is 1. The van der Waals surface area contributed by atoms with Gasteiger partial charge in [0.05, 0.1) is 6.85 Å². The number of nitrogens with zero attached hydrogens (tertiary/aromatic N) is 2. The van der Waals surface area contributed by atoms with Gasteiger partial charge in [-0.15, -0.1) is 11.3 Å². The highest BCUT2D eigenvalue weighted by Crippen LogP contribution is 2.34. The van der Waals surface area contributed by atoms with Crippen LogP contribution in [0.1, 0.15) is 37.9 Å². The Kier molecular flexibility index (Phi) is 4.56. The molecule has 5 heteroatoms. The van der Waals surface area contributed by atoms with Gasteiger partial charge in [0.2, 0.25) is 5.91 Å². The highest BCUT2D eigenvalue weighted by molar-refractivity contribution is 7.09. The first kappa shape index (κ1) is 13.5. The third-order valence-electron chi connectivity index (χ3n) is 4.94. The summed E-state index contributed by atoms with van der Waals surface area (Å²) >= 11 is 1.74. The second kappa shape index (κ2) is 8.80. The third kappa shape index (κ3) is 4.17. The molecule has 140 valence electrons. The fraction of sp³-hybridized carbons (Fsp3) is 0.476. The van der Waals surface area contributed by atoms with Crippen LogP contribution in [0.15, 0.2) is 47.7 Å². The number of methoxy groups -OCH3 is 1. The van der Waals surface area contributed by atoms with Crippen molar-refractivity contribution in [1.29, 1.82) is 0 Å². The number of hydrogen-bond acceptors (Lipinski definition) is 4. The summed E-state index contributed by atoms with van der Waals surface area (Å²) in [6.07, 6.45) is 2.07. The number of thiophene rings is 1. The molecule has 1 aliphatic rings. The molecule has 0 aliphatic carbocycles. The summed E-state index contributed by atoms with van der Waals surface area (Å²) in [4.78, 5) is 18.0. The van der Waals surface area contributed by atoms with E-state index < -0.39 is 23.9 Å². The summed E-state index contributed by atoms with van der Waals surface area (Å²) in [5.41, 5.74) is -1.16. The Bertz CT molecular complexity index is 901. The van der Waals surface area contributed by atoms with E-state index in [2.05, 4.69) is 16.3 Å². The molecule has 2 aromatic rings. The van der Waals surface area contributed by atoms with Crippen LogP contribution in [0.4, 0.5) is 5.69 Å². The van der Waals surface area contributed by atoms with E-state index in [-0.39, 0.29) is 30.1 Å². The molecule has 0 unspecified atom stereocenters. The van der Waals surface area contributed by atoms with E-state index in [1.54, 1.807) is 18.3 Å². The van der Waals surface area contributed by atoms with E-state index in [4.69, 9.17) is 11.6 Å². The molecule has 0 atom stereocenters. The van der Waals surface area contributed by atoms with Gasteiger partial charge >= 0.3 is 0 Å². The van der Waals surface area contributed by atoms with Crippen LogP contribution >= 0.6 is 11.3 Å². The van der Waals surface area contributed by atoms with E-state index in [1.165, 1.54) is 16.9 Å². The second-order valence-electron chi connectivity index (χ2n) is 6.38. The zero-order valence-electron chi connectivity index (χ0n) is 20.3. The zero-order valence-corrected chi connectivity index (χ0v) is 16.1. The lowest BCUT2D eigenvalue weighted by Crippen LogP contribution is -2.59. The molecular formula is C21H28N2O2S. The molecule has 1 aromatic heterocycles. The van der Waals surface area contributed by atoms with Crippen molar-refractivity contribution in [1.82, 2.24) is 4.90 Å². The molecule has 1 amide bonds. The molecule has 0 spiro atoms. The standard InChI is InChI=1S/C21H28N2O2S/c1-3-20(24)23(18-8-5-4-6-9-18)21(25-2)12-15-22(16-13-21)14-11-19-10-7-17-26-19/h4-10,17H,3,11-16H2,1-2H3/i4D,5D,6D,8D,9D. The van der Waals surface area contributed by atoms with Gasteiger partial charge < -0.3 is 9.64 Å². The van der Waals surface area contributed by atoms with E-state index in [1.807, 2.05) is 6.07 Å². The van der Waals surface area contributed by atoms with E-state index in [0.29, 0.717) is 25.9 Å². The maximum absolute atomic E-state index is 13.0. The molecule has 1 aliphatic heterocycles. The Morgan fingerprint density at radius 2 is 2.08 bits per heavy atom. The molecule has 1 fully saturated rings. The first-order chi connectivity index (χ1) is 14.8. The van der Waals surface area contributed by atoms with Crippen molar-refractivity contribution in [3.63, 3.8) is 0 Å². The van der Waals surface area contributed by atoms with Crippen molar-refractivity contribution in [2.75, 3.05) is 31.6 Å². The number of amides is 1. The van der Waals surface area contributed by atoms with E-state index >= 15 is 0 Å². The topological polar surface area (TPSA) is 32.8 Å². The number of ether oxygens (including phenoxy) is 1. The third-order valence-corrected chi connectivity index (χ3v) is 5.88. The number of anilines is 1. The number of rotatable bonds is 7. The summed E-state index contributed by atoms with van der Waals surface area (Å²) in [7, 11) is 1.52. The number of likely N-dealkylation sites (tertiary alicyclic amines) is 1. The Morgan fingerprint density at radius 3 is 2.65 bits per heavy atom. The molecule has 0 N–H and O–H groups in total. The average Bonchev–Trinajstić information content (AvgIpc) is 3.31. The highest BCUT2D eigenvalue weighted by atomic mass is 32.1. The highest BCUT2D eigenvalue weighted by Gasteiger charge is 2.42. The summed E-state index contributed by atoms with van der Waals surface area (Å²) in [5.74, 6) is -0.326. The number of carbonyl (C=O) groups excluding carboxylic acids is 1. The molecule has 1 aromatic carbocycles. The number of benzene rings is 1. The van der Waals surface area contributed by atoms with E-state index in [0.717, 1.165) is 13.0 Å². The predicted octanol–water partition coefficient (Wildman–Crippen LogP) is 4.17. The van der Waals surface area contributed by atoms with Crippen molar-refractivity contribution in [2.24, 2.45) is 0 Å². The number of hydrogen-bond donors (Lipinski definition) is 0. The van der Waals surface area contributed by atoms with Crippen molar-refractivity contribution >= 4 is 22.9 Å². The molecule has 4 nitrogen and oxygen atoms in total. The number of para-hydroxylation sites is 1. The van der Waals surface area contributed by atoms with Gasteiger partial charge in [0.15, 0.2) is 0 Å². The maximum atomic E-state index is 13.0. The molecule has 0 saturated carbocycles. The largest absolute Gasteiger partial charge is 0.358 e. The van der Waals surface area contributed by atoms with Gasteiger partial charge in [-0.25, -0.2) is 0 Å². The minimum Gasteiger partial charge on any atom is -0.358 e. The smallest absolute Gasteiger partial charge is 0.229 e. The SMILES string of the molecule is [2H]c1c([2H])c([2H])c(N(C(=O)CC)C2(OC)CCN(CCc3cccs3)CC2)c([2H])c1[2H]. The lowest BCUT2D eigenvalue weighted by Gasteiger charge is -2.47. The van der Waals surface area contributed by atoms with Crippen LogP contribution in [0.25, 0.3) is 0 Å². The Morgan fingerprint density at radius 1 is 1.35 bits per heavy atom. The van der Waals surface area contributed by atoms with Crippen LogP contribution < -0.4 is 4.90 Å². The molecule has 3 rings (SSSR count). The normalized spacial score (nSPS) is 19.8. The van der Waals surface area contributed by atoms with Crippen LogP contribution in [0, 0.1) is 0 Å². The van der Waals surface area contributed by atoms with Crippen LogP contribution in [0.3, 0.4) is 0 Å². The van der Waals surface area contributed by atoms with Gasteiger partial charge in [-0.05, 0) is 30.0 Å². The molecule has 0 bridgehead atoms. The van der Waals surface area contributed by atoms with Crippen molar-refractivity contribution in [3.05, 3.63) is 52.6 Å². The summed E-state index contributed by atoms with van der Waals surface area (Å²) in [6, 6.07) is 2.01. The Hall–Kier alpha value is -1.69. The second-order valence-corrected chi connectivity index (χ2v) is 7.41. The average molecular weight is 378 g/mol. The molecule has 0 radical (unpaired) electrons. The van der Waals surface area contributed by atoms with Gasteiger partial charge in [0, 0.05) is 56.6 Å². The van der Waals surface area contributed by atoms with Crippen LogP contribution in [-0.2, 0) is 16.0 Å². The first-order valence-corrected chi connectivity index (χ1v) is 9.83. The van der Waals surface area contributed by atoms with Crippen LogP contribution in [-0.4, -0.2) is 43.3 Å². The Balaban J connectivity index is 1.91. The minimum absolute atomic E-state index is 0.105. The first-order valence-electron chi connectivity index (χ1n) is 11.5. The lowest BCUT2D eigenvalue weighted by atomic mass is 9.96. The van der Waals surface area contributed by atoms with E-state index in [9.17, 15) is 4.79 Å². The van der Waals surface area contributed by atoms with Gasteiger partial charge in [-0.2, -0.15) is 0 Å². The molecule has 2 heterocycles. The monoisotopic (exact) mass is 377 g/mol. The van der Waals surface area contributed by atoms with Crippen molar-refractivity contribution < 1.29 is 16.4 Å². The van der Waals surface area contributed by atoms with Gasteiger partial charge in [-0.1, -0.05) is 31.1 Å². The molecule has 1 saturated heterocycles. The van der Waals surface area contributed by atoms with Crippen LogP contribution in [0.5, 0.6) is 0 Å². The van der Waals surface area contributed by atoms with Gasteiger partial charge in [0.1, 0.15) is 5.72 Å². The quantitative estimate of drug-likeness (QED) is 0.679. The molecule has 26 heavy (non-hydrogen) atoms. The summed E-state index contributed by atoms with van der Waals surface area (Å²) in [5, 5.41) is 2.07. The van der Waals surface area contributed by atoms with Gasteiger partial charge in [-0.3, -0.25) is 9.69 Å². The van der Waals surface area contributed by atoms with Gasteiger partial charge in [0.25, 0.3) is 0 Å². The van der Waals surface area contributed by atoms with Crippen molar-refractivity contribution in [3.8, 4) is 0 Å². The fourth-order valence-electron chi connectivity index (χ4n) is 3.44. The lowest BCUT2D eigenvalue weighted by molar-refractivity contribution is -0.128. The van der Waals surface area contributed by atoms with Crippen LogP contribution in [0.2, 0.25) is 0 Å². The number of piperidine rings is 1. The van der Waals surface area contributed by atoms with Crippen molar-refractivity contribution in [2.45, 2.75) is 38.3 Å². The fourth-order valence-corrected chi connectivity index (χ4v) is 4.14. The zero-order chi connectivity index (χ0) is 22.8. The predicted molar refractivity (Wildman–Crippen MR) is 108 cm³/mol. The maximum Gasteiger partial charge on any atom is 0.229 e.